The summed E-state index contributed by atoms with van der Waals surface area (Å²) in [5.74, 6) is 2.48. The molecule has 4 nitrogen and oxygen atoms in total. The topological polar surface area (TPSA) is 36.3 Å². The van der Waals surface area contributed by atoms with Crippen molar-refractivity contribution in [1.29, 1.82) is 0 Å². The minimum atomic E-state index is 0.535. The van der Waals surface area contributed by atoms with Crippen LogP contribution in [0.15, 0.2) is 48.5 Å². The zero-order chi connectivity index (χ0) is 18.4. The van der Waals surface area contributed by atoms with E-state index < -0.39 is 0 Å². The third kappa shape index (κ3) is 4.44. The Morgan fingerprint density at radius 2 is 1.77 bits per heavy atom. The molecule has 3 rings (SSSR count). The van der Waals surface area contributed by atoms with Crippen molar-refractivity contribution < 1.29 is 9.47 Å². The minimum Gasteiger partial charge on any atom is -0.494 e. The number of benzene rings is 2. The molecule has 3 aromatic rings. The lowest BCUT2D eigenvalue weighted by Crippen LogP contribution is -2.07. The number of unbranched alkanes of at least 4 members (excludes halogenated alkanes) is 1. The Balaban J connectivity index is 1.52. The first-order valence-corrected chi connectivity index (χ1v) is 9.35. The molecular weight excluding hydrogens is 324 g/mol. The maximum atomic E-state index is 5.88. The predicted molar refractivity (Wildman–Crippen MR) is 106 cm³/mol. The number of imidazole rings is 1. The Morgan fingerprint density at radius 3 is 2.50 bits per heavy atom. The normalized spacial score (nSPS) is 11.4. The lowest BCUT2D eigenvalue weighted by atomic mass is 10.0. The van der Waals surface area contributed by atoms with Gasteiger partial charge in [0.05, 0.1) is 17.6 Å². The summed E-state index contributed by atoms with van der Waals surface area (Å²) in [5, 5.41) is 0. The second kappa shape index (κ2) is 8.86. The van der Waals surface area contributed by atoms with Gasteiger partial charge < -0.3 is 14.0 Å². The maximum Gasteiger partial charge on any atom is 0.135 e. The molecule has 2 aromatic carbocycles. The summed E-state index contributed by atoms with van der Waals surface area (Å²) in [6.07, 6.45) is 2.05. The van der Waals surface area contributed by atoms with Crippen molar-refractivity contribution >= 4 is 11.0 Å². The van der Waals surface area contributed by atoms with E-state index in [-0.39, 0.29) is 0 Å². The molecule has 0 amide bonds. The smallest absolute Gasteiger partial charge is 0.135 e. The minimum absolute atomic E-state index is 0.535. The zero-order valence-electron chi connectivity index (χ0n) is 15.9. The third-order valence-electron chi connectivity index (χ3n) is 4.60. The van der Waals surface area contributed by atoms with Gasteiger partial charge in [0.15, 0.2) is 0 Å². The Labute approximate surface area is 155 Å². The van der Waals surface area contributed by atoms with Crippen LogP contribution < -0.4 is 4.74 Å². The second-order valence-corrected chi connectivity index (χ2v) is 6.88. The fourth-order valence-electron chi connectivity index (χ4n) is 3.13. The van der Waals surface area contributed by atoms with Crippen molar-refractivity contribution in [3.05, 3.63) is 59.9 Å². The number of nitrogens with zero attached hydrogens (tertiary/aromatic N) is 2. The summed E-state index contributed by atoms with van der Waals surface area (Å²) in [7, 11) is 1.71. The molecule has 4 heteroatoms. The molecule has 0 aliphatic heterocycles. The van der Waals surface area contributed by atoms with Gasteiger partial charge in [0.25, 0.3) is 0 Å². The van der Waals surface area contributed by atoms with E-state index in [1.54, 1.807) is 7.11 Å². The molecule has 0 aliphatic rings. The van der Waals surface area contributed by atoms with Crippen LogP contribution in [0.2, 0.25) is 0 Å². The quantitative estimate of drug-likeness (QED) is 0.499. The molecule has 0 atom stereocenters. The highest BCUT2D eigenvalue weighted by atomic mass is 16.5. The average Bonchev–Trinajstić information content (AvgIpc) is 2.99. The largest absolute Gasteiger partial charge is 0.494 e. The van der Waals surface area contributed by atoms with E-state index in [0.29, 0.717) is 12.5 Å². The molecule has 0 radical (unpaired) electrons. The molecule has 1 heterocycles. The number of para-hydroxylation sites is 2. The number of rotatable bonds is 9. The van der Waals surface area contributed by atoms with Gasteiger partial charge >= 0.3 is 0 Å². The number of hydrogen-bond donors (Lipinski definition) is 0. The van der Waals surface area contributed by atoms with Gasteiger partial charge in [0, 0.05) is 13.7 Å². The van der Waals surface area contributed by atoms with Crippen LogP contribution in [0.5, 0.6) is 5.75 Å². The first-order valence-electron chi connectivity index (χ1n) is 9.35. The van der Waals surface area contributed by atoms with E-state index in [4.69, 9.17) is 9.47 Å². The van der Waals surface area contributed by atoms with Crippen LogP contribution in [-0.2, 0) is 17.9 Å². The van der Waals surface area contributed by atoms with Crippen molar-refractivity contribution in [2.45, 2.75) is 45.8 Å². The molecular formula is C22H28N2O2. The molecule has 0 spiro atoms. The summed E-state index contributed by atoms with van der Waals surface area (Å²) >= 11 is 0. The van der Waals surface area contributed by atoms with Crippen LogP contribution >= 0.6 is 0 Å². The molecule has 138 valence electrons. The fraction of sp³-hybridized carbons (Fsp3) is 0.409. The van der Waals surface area contributed by atoms with Crippen LogP contribution in [-0.4, -0.2) is 23.3 Å². The molecule has 1 aromatic heterocycles. The highest BCUT2D eigenvalue weighted by Gasteiger charge is 2.09. The van der Waals surface area contributed by atoms with E-state index in [0.717, 1.165) is 43.1 Å². The lowest BCUT2D eigenvalue weighted by molar-refractivity contribution is 0.174. The summed E-state index contributed by atoms with van der Waals surface area (Å²) in [5.41, 5.74) is 3.54. The van der Waals surface area contributed by atoms with Gasteiger partial charge in [0.2, 0.25) is 0 Å². The molecule has 0 fully saturated rings. The molecule has 0 N–H and O–H groups in total. The van der Waals surface area contributed by atoms with Crippen LogP contribution in [0.25, 0.3) is 11.0 Å². The van der Waals surface area contributed by atoms with Gasteiger partial charge in [-0.1, -0.05) is 38.1 Å². The fourth-order valence-corrected chi connectivity index (χ4v) is 3.13. The Hall–Kier alpha value is -2.33. The first kappa shape index (κ1) is 18.5. The van der Waals surface area contributed by atoms with Crippen molar-refractivity contribution in [3.63, 3.8) is 0 Å². The number of ether oxygens (including phenoxy) is 2. The predicted octanol–water partition coefficient (Wildman–Crippen LogP) is 5.17. The molecule has 0 aliphatic carbocycles. The van der Waals surface area contributed by atoms with Crippen molar-refractivity contribution in [2.24, 2.45) is 0 Å². The molecule has 0 unspecified atom stereocenters. The number of methoxy groups -OCH3 is 1. The summed E-state index contributed by atoms with van der Waals surface area (Å²) in [4.78, 5) is 4.68. The Kier molecular flexibility index (Phi) is 6.29. The Bertz CT molecular complexity index is 822. The first-order chi connectivity index (χ1) is 12.7. The molecule has 0 bridgehead atoms. The average molecular weight is 352 g/mol. The van der Waals surface area contributed by atoms with Crippen molar-refractivity contribution in [1.82, 2.24) is 9.55 Å². The highest BCUT2D eigenvalue weighted by Crippen LogP contribution is 2.20. The van der Waals surface area contributed by atoms with Gasteiger partial charge in [-0.3, -0.25) is 0 Å². The molecule has 0 saturated heterocycles. The van der Waals surface area contributed by atoms with Crippen LogP contribution in [0.1, 0.15) is 44.0 Å². The second-order valence-electron chi connectivity index (χ2n) is 6.88. The number of hydrogen-bond acceptors (Lipinski definition) is 3. The van der Waals surface area contributed by atoms with Crippen LogP contribution in [0.4, 0.5) is 0 Å². The van der Waals surface area contributed by atoms with Gasteiger partial charge in [-0.2, -0.15) is 0 Å². The number of aromatic nitrogens is 2. The standard InChI is InChI=1S/C22H28N2O2/c1-17(2)18-10-12-19(13-11-18)26-15-7-6-14-24-21-9-5-4-8-20(21)23-22(24)16-25-3/h4-5,8-13,17H,6-7,14-16H2,1-3H3. The highest BCUT2D eigenvalue weighted by molar-refractivity contribution is 5.75. The van der Waals surface area contributed by atoms with E-state index in [1.807, 2.05) is 6.07 Å². The van der Waals surface area contributed by atoms with Crippen LogP contribution in [0.3, 0.4) is 0 Å². The lowest BCUT2D eigenvalue weighted by Gasteiger charge is -2.10. The molecule has 26 heavy (non-hydrogen) atoms. The van der Waals surface area contributed by atoms with Gasteiger partial charge in [-0.05, 0) is 48.6 Å². The van der Waals surface area contributed by atoms with E-state index in [9.17, 15) is 0 Å². The van der Waals surface area contributed by atoms with Gasteiger partial charge in [0.1, 0.15) is 18.2 Å². The van der Waals surface area contributed by atoms with Gasteiger partial charge in [-0.25, -0.2) is 4.98 Å². The summed E-state index contributed by atoms with van der Waals surface area (Å²) in [6, 6.07) is 16.7. The number of aryl methyl sites for hydroxylation is 1. The zero-order valence-corrected chi connectivity index (χ0v) is 15.9. The maximum absolute atomic E-state index is 5.88. The SMILES string of the molecule is COCc1nc2ccccc2n1CCCCOc1ccc(C(C)C)cc1. The van der Waals surface area contributed by atoms with Crippen LogP contribution in [0, 0.1) is 0 Å². The molecule has 0 saturated carbocycles. The summed E-state index contributed by atoms with van der Waals surface area (Å²) < 4.78 is 13.4. The van der Waals surface area contributed by atoms with E-state index in [2.05, 4.69) is 65.9 Å². The third-order valence-corrected chi connectivity index (χ3v) is 4.60. The van der Waals surface area contributed by atoms with E-state index in [1.165, 1.54) is 11.1 Å². The van der Waals surface area contributed by atoms with Crippen molar-refractivity contribution in [2.75, 3.05) is 13.7 Å². The summed E-state index contributed by atoms with van der Waals surface area (Å²) in [6.45, 7) is 6.59. The monoisotopic (exact) mass is 352 g/mol. The van der Waals surface area contributed by atoms with Crippen molar-refractivity contribution in [3.8, 4) is 5.75 Å². The van der Waals surface area contributed by atoms with Gasteiger partial charge in [-0.15, -0.1) is 0 Å². The number of fused-ring (bicyclic) bond motifs is 1. The Morgan fingerprint density at radius 1 is 1.00 bits per heavy atom. The van der Waals surface area contributed by atoms with E-state index >= 15 is 0 Å².